The maximum Gasteiger partial charge on any atom is 0.409 e. The molecule has 3 aromatic rings. The number of nitrogens with two attached hydrogens (primary N) is 1. The van der Waals surface area contributed by atoms with E-state index in [1.54, 1.807) is 17.0 Å². The summed E-state index contributed by atoms with van der Waals surface area (Å²) < 4.78 is 33.7. The number of rotatable bonds is 6. The zero-order chi connectivity index (χ0) is 26.2. The number of anilines is 1. The summed E-state index contributed by atoms with van der Waals surface area (Å²) in [4.78, 5) is 24.7. The molecule has 1 aromatic carbocycles. The molecule has 11 heteroatoms. The number of benzene rings is 1. The fraction of sp³-hybridized carbons (Fsp3) is 0.519. The molecule has 10 nitrogen and oxygen atoms in total. The number of nitrogens with zero attached hydrogens (tertiary/aromatic N) is 5. The molecule has 0 unspecified atom stereocenters. The first kappa shape index (κ1) is 24.9. The molecule has 202 valence electrons. The van der Waals surface area contributed by atoms with E-state index in [0.717, 1.165) is 45.4 Å². The maximum atomic E-state index is 15.2. The number of amides is 1. The molecule has 1 saturated carbocycles. The number of methoxy groups -OCH3 is 1. The van der Waals surface area contributed by atoms with Crippen LogP contribution in [-0.4, -0.2) is 89.1 Å². The van der Waals surface area contributed by atoms with Gasteiger partial charge in [0.2, 0.25) is 0 Å². The molecule has 3 aliphatic rings. The van der Waals surface area contributed by atoms with E-state index in [-0.39, 0.29) is 24.1 Å². The molecule has 3 fully saturated rings. The van der Waals surface area contributed by atoms with Gasteiger partial charge in [-0.3, -0.25) is 4.90 Å². The Morgan fingerprint density at radius 2 is 1.97 bits per heavy atom. The molecule has 4 heterocycles. The van der Waals surface area contributed by atoms with E-state index in [1.165, 1.54) is 19.5 Å². The van der Waals surface area contributed by atoms with Gasteiger partial charge in [-0.25, -0.2) is 19.2 Å². The molecule has 1 aliphatic carbocycles. The Morgan fingerprint density at radius 3 is 2.71 bits per heavy atom. The fourth-order valence-electron chi connectivity index (χ4n) is 5.84. The molecular formula is C27H33FN6O4. The van der Waals surface area contributed by atoms with Crippen LogP contribution in [-0.2, 0) is 9.47 Å². The van der Waals surface area contributed by atoms with Crippen LogP contribution in [0.5, 0.6) is 5.75 Å². The van der Waals surface area contributed by atoms with Gasteiger partial charge in [0.05, 0.1) is 18.6 Å². The molecule has 38 heavy (non-hydrogen) atoms. The molecule has 0 bridgehead atoms. The number of hydrogen-bond donors (Lipinski definition) is 1. The van der Waals surface area contributed by atoms with E-state index in [2.05, 4.69) is 19.4 Å². The summed E-state index contributed by atoms with van der Waals surface area (Å²) in [6, 6.07) is 5.43. The summed E-state index contributed by atoms with van der Waals surface area (Å²) in [5, 5.41) is 0.651. The van der Waals surface area contributed by atoms with Crippen molar-refractivity contribution in [2.24, 2.45) is 0 Å². The molecule has 0 spiro atoms. The minimum Gasteiger partial charge on any atom is -0.491 e. The summed E-state index contributed by atoms with van der Waals surface area (Å²) in [5.41, 5.74) is 8.08. The summed E-state index contributed by atoms with van der Waals surface area (Å²) in [5.74, 6) is 0.554. The normalized spacial score (nSPS) is 23.9. The summed E-state index contributed by atoms with van der Waals surface area (Å²) in [7, 11) is 1.41. The average molecular weight is 525 g/mol. The third-order valence-electron chi connectivity index (χ3n) is 8.07. The molecule has 6 rings (SSSR count). The standard InChI is InChI=1S/C27H33FN6O4/c1-36-27(35)33-8-6-32(7-9-33)17-11-18(12-17)34-14-22(24-25(29)30-16-31-26(24)34)21-13-19(4-5-23(21)28)38-15-20-3-2-10-37-20/h4-5,13-14,16-18,20H,2-3,6-12,15H2,1H3,(H2,29,30,31)/t17-,18+,20-/m0/s1. The van der Waals surface area contributed by atoms with E-state index in [9.17, 15) is 4.79 Å². The number of aromatic nitrogens is 3. The van der Waals surface area contributed by atoms with Crippen LogP contribution in [0.1, 0.15) is 31.7 Å². The van der Waals surface area contributed by atoms with Gasteiger partial charge in [0, 0.05) is 62.2 Å². The molecule has 2 aromatic heterocycles. The quantitative estimate of drug-likeness (QED) is 0.522. The van der Waals surface area contributed by atoms with Crippen LogP contribution < -0.4 is 10.5 Å². The van der Waals surface area contributed by atoms with Crippen molar-refractivity contribution in [3.63, 3.8) is 0 Å². The second-order valence-electron chi connectivity index (χ2n) is 10.3. The van der Waals surface area contributed by atoms with Crippen LogP contribution in [0.15, 0.2) is 30.7 Å². The Morgan fingerprint density at radius 1 is 1.16 bits per heavy atom. The van der Waals surface area contributed by atoms with Gasteiger partial charge < -0.3 is 29.4 Å². The second kappa shape index (κ2) is 10.4. The van der Waals surface area contributed by atoms with Crippen LogP contribution in [0.2, 0.25) is 0 Å². The lowest BCUT2D eigenvalue weighted by atomic mass is 9.85. The van der Waals surface area contributed by atoms with Gasteiger partial charge in [-0.05, 0) is 43.9 Å². The highest BCUT2D eigenvalue weighted by Crippen LogP contribution is 2.43. The number of carbonyl (C=O) groups excluding carboxylic acids is 1. The second-order valence-corrected chi connectivity index (χ2v) is 10.3. The number of halogens is 1. The summed E-state index contributed by atoms with van der Waals surface area (Å²) >= 11 is 0. The molecule has 2 N–H and O–H groups in total. The Bertz CT molecular complexity index is 1310. The highest BCUT2D eigenvalue weighted by atomic mass is 19.1. The highest BCUT2D eigenvalue weighted by Gasteiger charge is 2.38. The van der Waals surface area contributed by atoms with Crippen molar-refractivity contribution in [3.05, 3.63) is 36.5 Å². The Kier molecular flexibility index (Phi) is 6.79. The van der Waals surface area contributed by atoms with E-state index in [1.807, 2.05) is 6.20 Å². The van der Waals surface area contributed by atoms with E-state index in [0.29, 0.717) is 59.5 Å². The zero-order valence-corrected chi connectivity index (χ0v) is 21.5. The third kappa shape index (κ3) is 4.64. The largest absolute Gasteiger partial charge is 0.491 e. The monoisotopic (exact) mass is 524 g/mol. The molecular weight excluding hydrogens is 491 g/mol. The topological polar surface area (TPSA) is 108 Å². The SMILES string of the molecule is COC(=O)N1CCN([C@H]2C[C@@H](n3cc(-c4cc(OC[C@@H]5CCCO5)ccc4F)c4c(N)ncnc43)C2)CC1. The average Bonchev–Trinajstić information content (AvgIpc) is 3.57. The lowest BCUT2D eigenvalue weighted by Gasteiger charge is -2.46. The van der Waals surface area contributed by atoms with Crippen LogP contribution in [0, 0.1) is 5.82 Å². The minimum absolute atomic E-state index is 0.0736. The summed E-state index contributed by atoms with van der Waals surface area (Å²) in [6.45, 7) is 4.17. The predicted molar refractivity (Wildman–Crippen MR) is 139 cm³/mol. The number of ether oxygens (including phenoxy) is 3. The molecule has 1 amide bonds. The predicted octanol–water partition coefficient (Wildman–Crippen LogP) is 3.46. The van der Waals surface area contributed by atoms with Gasteiger partial charge in [-0.1, -0.05) is 0 Å². The minimum atomic E-state index is -0.355. The number of nitrogen functional groups attached to an aromatic ring is 1. The zero-order valence-electron chi connectivity index (χ0n) is 21.5. The maximum absolute atomic E-state index is 15.2. The smallest absolute Gasteiger partial charge is 0.409 e. The lowest BCUT2D eigenvalue weighted by Crippen LogP contribution is -2.55. The van der Waals surface area contributed by atoms with Gasteiger partial charge in [-0.2, -0.15) is 0 Å². The summed E-state index contributed by atoms with van der Waals surface area (Å²) in [6.07, 6.45) is 7.10. The molecule has 1 atom stereocenters. The number of hydrogen-bond acceptors (Lipinski definition) is 8. The highest BCUT2D eigenvalue weighted by molar-refractivity contribution is 6.01. The van der Waals surface area contributed by atoms with Crippen molar-refractivity contribution in [1.82, 2.24) is 24.3 Å². The number of carbonyl (C=O) groups is 1. The van der Waals surface area contributed by atoms with Crippen molar-refractivity contribution in [3.8, 4) is 16.9 Å². The molecule has 0 radical (unpaired) electrons. The van der Waals surface area contributed by atoms with Gasteiger partial charge in [0.25, 0.3) is 0 Å². The van der Waals surface area contributed by atoms with Crippen LogP contribution in [0.3, 0.4) is 0 Å². The Labute approximate surface area is 220 Å². The Balaban J connectivity index is 1.21. The van der Waals surface area contributed by atoms with Crippen molar-refractivity contribution < 1.29 is 23.4 Å². The molecule has 2 aliphatic heterocycles. The van der Waals surface area contributed by atoms with Crippen LogP contribution in [0.4, 0.5) is 15.0 Å². The number of piperazine rings is 1. The molecule has 2 saturated heterocycles. The first-order valence-corrected chi connectivity index (χ1v) is 13.2. The van der Waals surface area contributed by atoms with Gasteiger partial charge in [0.15, 0.2) is 0 Å². The third-order valence-corrected chi connectivity index (χ3v) is 8.07. The van der Waals surface area contributed by atoms with Gasteiger partial charge >= 0.3 is 6.09 Å². The van der Waals surface area contributed by atoms with E-state index >= 15 is 4.39 Å². The lowest BCUT2D eigenvalue weighted by molar-refractivity contribution is 0.0347. The number of fused-ring (bicyclic) bond motifs is 1. The van der Waals surface area contributed by atoms with Gasteiger partial charge in [0.1, 0.15) is 36.0 Å². The van der Waals surface area contributed by atoms with Crippen LogP contribution >= 0.6 is 0 Å². The van der Waals surface area contributed by atoms with Gasteiger partial charge in [-0.15, -0.1) is 0 Å². The van der Waals surface area contributed by atoms with Crippen molar-refractivity contribution in [1.29, 1.82) is 0 Å². The Hall–Kier alpha value is -3.44. The van der Waals surface area contributed by atoms with Crippen molar-refractivity contribution >= 4 is 22.9 Å². The fourth-order valence-corrected chi connectivity index (χ4v) is 5.84. The van der Waals surface area contributed by atoms with E-state index in [4.69, 9.17) is 19.9 Å². The van der Waals surface area contributed by atoms with Crippen molar-refractivity contribution in [2.75, 3.05) is 52.2 Å². The van der Waals surface area contributed by atoms with Crippen LogP contribution in [0.25, 0.3) is 22.2 Å². The van der Waals surface area contributed by atoms with E-state index < -0.39 is 0 Å². The first-order chi connectivity index (χ1) is 18.5. The van der Waals surface area contributed by atoms with Crippen molar-refractivity contribution in [2.45, 2.75) is 43.9 Å². The first-order valence-electron chi connectivity index (χ1n) is 13.2.